The Morgan fingerprint density at radius 1 is 1.69 bits per heavy atom. The Balaban J connectivity index is 3.38. The number of rotatable bonds is 3. The summed E-state index contributed by atoms with van der Waals surface area (Å²) in [5, 5.41) is 19.0. The summed E-state index contributed by atoms with van der Waals surface area (Å²) >= 11 is 1.61. The van der Waals surface area contributed by atoms with Crippen molar-refractivity contribution in [3.05, 3.63) is 31.0 Å². The van der Waals surface area contributed by atoms with Crippen LogP contribution in [0.4, 0.5) is 14.6 Å². The molecular formula is C8H4F2IN3O2. The van der Waals surface area contributed by atoms with Gasteiger partial charge in [0, 0.05) is 0 Å². The van der Waals surface area contributed by atoms with E-state index in [1.807, 2.05) is 0 Å². The van der Waals surface area contributed by atoms with Gasteiger partial charge in [-0.2, -0.15) is 5.26 Å². The molecule has 0 aliphatic heterocycles. The second-order valence-corrected chi connectivity index (χ2v) is 3.89. The van der Waals surface area contributed by atoms with Gasteiger partial charge in [-0.25, -0.2) is 8.78 Å². The summed E-state index contributed by atoms with van der Waals surface area (Å²) in [6, 6.07) is 2.91. The quantitative estimate of drug-likeness (QED) is 0.482. The predicted molar refractivity (Wildman–Crippen MR) is 57.9 cm³/mol. The van der Waals surface area contributed by atoms with Crippen molar-refractivity contribution in [1.29, 1.82) is 5.26 Å². The summed E-state index contributed by atoms with van der Waals surface area (Å²) in [5.74, 6) is -0.683. The van der Waals surface area contributed by atoms with Crippen LogP contribution in [0.25, 0.3) is 0 Å². The van der Waals surface area contributed by atoms with Crippen LogP contribution in [-0.4, -0.2) is 9.91 Å². The van der Waals surface area contributed by atoms with Gasteiger partial charge in [0.2, 0.25) is 5.69 Å². The normalized spacial score (nSPS) is 10.2. The number of alkyl halides is 2. The van der Waals surface area contributed by atoms with Crippen molar-refractivity contribution in [2.45, 2.75) is 12.8 Å². The number of nitro groups is 1. The van der Waals surface area contributed by atoms with Crippen molar-refractivity contribution >= 4 is 28.4 Å². The van der Waals surface area contributed by atoms with Crippen LogP contribution in [-0.2, 0) is 6.42 Å². The molecule has 0 bridgehead atoms. The minimum atomic E-state index is -2.87. The number of hydrogen-bond acceptors (Lipinski definition) is 4. The standard InChI is InChI=1S/C8H4F2IN3O2/c9-7(10)6-5(11)3-4(1-2-12)8(13-6)14(15)16/h3,7H,1H2. The molecule has 0 fully saturated rings. The van der Waals surface area contributed by atoms with Gasteiger partial charge in [-0.15, -0.1) is 0 Å². The third kappa shape index (κ3) is 2.60. The summed E-state index contributed by atoms with van der Waals surface area (Å²) < 4.78 is 25.0. The van der Waals surface area contributed by atoms with E-state index in [9.17, 15) is 18.9 Å². The third-order valence-electron chi connectivity index (χ3n) is 1.71. The highest BCUT2D eigenvalue weighted by Crippen LogP contribution is 2.27. The van der Waals surface area contributed by atoms with E-state index in [1.54, 1.807) is 28.7 Å². The van der Waals surface area contributed by atoms with Crippen molar-refractivity contribution < 1.29 is 13.7 Å². The minimum Gasteiger partial charge on any atom is -0.358 e. The fourth-order valence-electron chi connectivity index (χ4n) is 1.06. The van der Waals surface area contributed by atoms with Crippen LogP contribution in [0.5, 0.6) is 0 Å². The SMILES string of the molecule is N#CCc1cc(I)c(C(F)F)nc1[N+](=O)[O-]. The molecule has 1 aromatic rings. The molecule has 5 nitrogen and oxygen atoms in total. The Hall–Kier alpha value is -1.37. The first-order valence-corrected chi connectivity index (χ1v) is 5.04. The molecular weight excluding hydrogens is 335 g/mol. The fraction of sp³-hybridized carbons (Fsp3) is 0.250. The van der Waals surface area contributed by atoms with E-state index in [0.717, 1.165) is 0 Å². The zero-order valence-electron chi connectivity index (χ0n) is 7.65. The van der Waals surface area contributed by atoms with E-state index in [2.05, 4.69) is 4.98 Å². The summed E-state index contributed by atoms with van der Waals surface area (Å²) in [6.45, 7) is 0. The number of aromatic nitrogens is 1. The van der Waals surface area contributed by atoms with Crippen LogP contribution < -0.4 is 0 Å². The molecule has 16 heavy (non-hydrogen) atoms. The van der Waals surface area contributed by atoms with Gasteiger partial charge in [0.1, 0.15) is 0 Å². The van der Waals surface area contributed by atoms with E-state index >= 15 is 0 Å². The molecule has 0 radical (unpaired) electrons. The minimum absolute atomic E-state index is 0.0429. The average Bonchev–Trinajstić information content (AvgIpc) is 2.17. The van der Waals surface area contributed by atoms with Crippen LogP contribution >= 0.6 is 22.6 Å². The maximum Gasteiger partial charge on any atom is 0.368 e. The van der Waals surface area contributed by atoms with E-state index in [0.29, 0.717) is 0 Å². The summed E-state index contributed by atoms with van der Waals surface area (Å²) in [4.78, 5) is 13.0. The maximum absolute atomic E-state index is 12.4. The van der Waals surface area contributed by atoms with Crippen LogP contribution in [0.3, 0.4) is 0 Å². The highest BCUT2D eigenvalue weighted by molar-refractivity contribution is 14.1. The van der Waals surface area contributed by atoms with E-state index < -0.39 is 22.9 Å². The lowest BCUT2D eigenvalue weighted by atomic mass is 10.2. The van der Waals surface area contributed by atoms with Gasteiger partial charge in [0.05, 0.1) is 21.6 Å². The van der Waals surface area contributed by atoms with Gasteiger partial charge in [0.15, 0.2) is 0 Å². The van der Waals surface area contributed by atoms with E-state index in [1.165, 1.54) is 6.07 Å². The van der Waals surface area contributed by atoms with E-state index in [-0.39, 0.29) is 15.6 Å². The number of pyridine rings is 1. The molecule has 0 aliphatic rings. The largest absolute Gasteiger partial charge is 0.368 e. The topological polar surface area (TPSA) is 79.8 Å². The van der Waals surface area contributed by atoms with Crippen LogP contribution in [0.2, 0.25) is 0 Å². The molecule has 0 aliphatic carbocycles. The maximum atomic E-state index is 12.4. The molecule has 1 aromatic heterocycles. The lowest BCUT2D eigenvalue weighted by Gasteiger charge is -2.02. The molecule has 0 saturated heterocycles. The van der Waals surface area contributed by atoms with Crippen molar-refractivity contribution in [1.82, 2.24) is 4.98 Å². The lowest BCUT2D eigenvalue weighted by molar-refractivity contribution is -0.390. The Kier molecular flexibility index (Phi) is 4.05. The zero-order valence-corrected chi connectivity index (χ0v) is 9.81. The first kappa shape index (κ1) is 12.7. The molecule has 0 unspecified atom stereocenters. The zero-order chi connectivity index (χ0) is 12.3. The Labute approximate surface area is 102 Å². The van der Waals surface area contributed by atoms with Gasteiger partial charge < -0.3 is 10.1 Å². The summed E-state index contributed by atoms with van der Waals surface area (Å²) in [7, 11) is 0. The average molecular weight is 339 g/mol. The van der Waals surface area contributed by atoms with Crippen molar-refractivity contribution in [2.24, 2.45) is 0 Å². The number of hydrogen-bond donors (Lipinski definition) is 0. The van der Waals surface area contributed by atoms with Crippen molar-refractivity contribution in [2.75, 3.05) is 0 Å². The number of nitrogens with zero attached hydrogens (tertiary/aromatic N) is 3. The molecule has 0 spiro atoms. The number of nitriles is 1. The van der Waals surface area contributed by atoms with Crippen LogP contribution in [0, 0.1) is 25.0 Å². The third-order valence-corrected chi connectivity index (χ3v) is 2.57. The van der Waals surface area contributed by atoms with Crippen molar-refractivity contribution in [3.63, 3.8) is 0 Å². The van der Waals surface area contributed by atoms with Crippen molar-refractivity contribution in [3.8, 4) is 6.07 Å². The molecule has 0 amide bonds. The fourth-order valence-corrected chi connectivity index (χ4v) is 1.79. The number of halogens is 3. The van der Waals surface area contributed by atoms with Gasteiger partial charge in [-0.1, -0.05) is 0 Å². The molecule has 0 saturated carbocycles. The molecule has 1 rings (SSSR count). The molecule has 0 atom stereocenters. The molecule has 8 heteroatoms. The van der Waals surface area contributed by atoms with Crippen LogP contribution in [0.1, 0.15) is 17.7 Å². The van der Waals surface area contributed by atoms with Gasteiger partial charge >= 0.3 is 12.2 Å². The monoisotopic (exact) mass is 339 g/mol. The second-order valence-electron chi connectivity index (χ2n) is 2.73. The Bertz CT molecular complexity index is 473. The molecule has 0 aromatic carbocycles. The summed E-state index contributed by atoms with van der Waals surface area (Å²) in [6.07, 6.45) is -3.11. The first-order valence-electron chi connectivity index (χ1n) is 3.96. The smallest absolute Gasteiger partial charge is 0.358 e. The first-order chi connectivity index (χ1) is 7.47. The molecule has 84 valence electrons. The highest BCUT2D eigenvalue weighted by atomic mass is 127. The predicted octanol–water partition coefficient (Wildman–Crippen LogP) is 2.60. The molecule has 0 N–H and O–H groups in total. The van der Waals surface area contributed by atoms with E-state index in [4.69, 9.17) is 5.26 Å². The van der Waals surface area contributed by atoms with Gasteiger partial charge in [0.25, 0.3) is 0 Å². The Morgan fingerprint density at radius 2 is 2.31 bits per heavy atom. The van der Waals surface area contributed by atoms with Gasteiger partial charge in [-0.3, -0.25) is 0 Å². The second kappa shape index (κ2) is 5.11. The van der Waals surface area contributed by atoms with Crippen LogP contribution in [0.15, 0.2) is 6.07 Å². The lowest BCUT2D eigenvalue weighted by Crippen LogP contribution is -2.04. The Morgan fingerprint density at radius 3 is 2.75 bits per heavy atom. The van der Waals surface area contributed by atoms with Gasteiger partial charge in [-0.05, 0) is 38.6 Å². The summed E-state index contributed by atoms with van der Waals surface area (Å²) in [5.41, 5.74) is -0.588. The highest BCUT2D eigenvalue weighted by Gasteiger charge is 2.26. The molecule has 1 heterocycles.